The molecule has 0 fully saturated rings. The van der Waals surface area contributed by atoms with Crippen molar-refractivity contribution in [2.75, 3.05) is 13.7 Å². The first-order valence-corrected chi connectivity index (χ1v) is 10.2. The molecule has 3 aromatic rings. The maximum atomic E-state index is 12.7. The van der Waals surface area contributed by atoms with Crippen molar-refractivity contribution in [2.24, 2.45) is 0 Å². The Morgan fingerprint density at radius 1 is 1.21 bits per heavy atom. The number of methoxy groups -OCH3 is 1. The predicted molar refractivity (Wildman–Crippen MR) is 104 cm³/mol. The molecule has 0 aliphatic carbocycles. The molecule has 0 radical (unpaired) electrons. The number of para-hydroxylation sites is 1. The van der Waals surface area contributed by atoms with Gasteiger partial charge in [0.15, 0.2) is 5.58 Å². The highest BCUT2D eigenvalue weighted by molar-refractivity contribution is 7.89. The topological polar surface area (TPSA) is 117 Å². The van der Waals surface area contributed by atoms with Gasteiger partial charge in [0.1, 0.15) is 12.3 Å². The van der Waals surface area contributed by atoms with Crippen molar-refractivity contribution in [3.05, 3.63) is 58.6 Å². The van der Waals surface area contributed by atoms with Gasteiger partial charge in [0.2, 0.25) is 10.0 Å². The summed E-state index contributed by atoms with van der Waals surface area (Å²) in [6, 6.07) is 11.0. The average molecular weight is 420 g/mol. The number of nitrogens with one attached hydrogen (secondary N) is 1. The summed E-state index contributed by atoms with van der Waals surface area (Å²) in [6.07, 6.45) is 0. The molecule has 0 aliphatic rings. The zero-order valence-electron chi connectivity index (χ0n) is 15.9. The van der Waals surface area contributed by atoms with Gasteiger partial charge in [-0.15, -0.1) is 0 Å². The van der Waals surface area contributed by atoms with E-state index in [1.165, 1.54) is 25.3 Å². The molecule has 0 aliphatic heterocycles. The molecule has 0 amide bonds. The second-order valence-corrected chi connectivity index (χ2v) is 7.79. The Bertz CT molecular complexity index is 1190. The van der Waals surface area contributed by atoms with E-state index in [-0.39, 0.29) is 30.2 Å². The number of sulfonamides is 1. The average Bonchev–Trinajstić information content (AvgIpc) is 3.01. The fourth-order valence-electron chi connectivity index (χ4n) is 2.80. The fraction of sp³-hybridized carbons (Fsp3) is 0.263. The molecule has 0 unspecified atom stereocenters. The van der Waals surface area contributed by atoms with Gasteiger partial charge in [-0.3, -0.25) is 9.36 Å². The van der Waals surface area contributed by atoms with Gasteiger partial charge in [-0.25, -0.2) is 17.9 Å². The Balaban J connectivity index is 1.85. The van der Waals surface area contributed by atoms with Gasteiger partial charge in [0.25, 0.3) is 0 Å². The molecule has 3 rings (SSSR count). The smallest absolute Gasteiger partial charge is 0.420 e. The van der Waals surface area contributed by atoms with E-state index in [1.54, 1.807) is 31.2 Å². The maximum Gasteiger partial charge on any atom is 0.420 e. The van der Waals surface area contributed by atoms with Gasteiger partial charge in [-0.05, 0) is 25.1 Å². The predicted octanol–water partition coefficient (Wildman–Crippen LogP) is 1.64. The first-order chi connectivity index (χ1) is 13.9. The molecule has 0 saturated heterocycles. The Hall–Kier alpha value is -3.11. The van der Waals surface area contributed by atoms with Crippen LogP contribution in [-0.4, -0.2) is 32.7 Å². The molecule has 1 N–H and O–H groups in total. The van der Waals surface area contributed by atoms with Crippen LogP contribution < -0.4 is 15.2 Å². The van der Waals surface area contributed by atoms with Gasteiger partial charge < -0.3 is 13.9 Å². The van der Waals surface area contributed by atoms with Gasteiger partial charge in [-0.1, -0.05) is 18.2 Å². The van der Waals surface area contributed by atoms with Crippen molar-refractivity contribution in [2.45, 2.75) is 24.9 Å². The number of benzene rings is 2. The lowest BCUT2D eigenvalue weighted by atomic mass is 10.2. The number of oxazole rings is 1. The zero-order valence-corrected chi connectivity index (χ0v) is 16.7. The SMILES string of the molecule is CCOC(=O)Cn1c(=O)oc2cc(S(=O)(=O)NCc3ccccc3OC)ccc21. The first-order valence-electron chi connectivity index (χ1n) is 8.76. The normalized spacial score (nSPS) is 11.5. The summed E-state index contributed by atoms with van der Waals surface area (Å²) >= 11 is 0. The number of ether oxygens (including phenoxy) is 2. The van der Waals surface area contributed by atoms with Crippen molar-refractivity contribution in [1.82, 2.24) is 9.29 Å². The zero-order chi connectivity index (χ0) is 21.0. The molecule has 1 aromatic heterocycles. The highest BCUT2D eigenvalue weighted by Crippen LogP contribution is 2.21. The first kappa shape index (κ1) is 20.6. The van der Waals surface area contributed by atoms with E-state index in [4.69, 9.17) is 13.9 Å². The van der Waals surface area contributed by atoms with E-state index in [0.717, 1.165) is 4.57 Å². The third-order valence-electron chi connectivity index (χ3n) is 4.19. The minimum atomic E-state index is -3.88. The highest BCUT2D eigenvalue weighted by Gasteiger charge is 2.19. The number of rotatable bonds is 8. The summed E-state index contributed by atoms with van der Waals surface area (Å²) in [5.41, 5.74) is 1.03. The molecular formula is C19H20N2O7S. The van der Waals surface area contributed by atoms with Crippen LogP contribution in [0.25, 0.3) is 11.1 Å². The van der Waals surface area contributed by atoms with Crippen LogP contribution in [0.1, 0.15) is 12.5 Å². The summed E-state index contributed by atoms with van der Waals surface area (Å²) in [7, 11) is -2.37. The largest absolute Gasteiger partial charge is 0.496 e. The number of esters is 1. The molecule has 0 bridgehead atoms. The van der Waals surface area contributed by atoms with Crippen molar-refractivity contribution in [3.63, 3.8) is 0 Å². The molecule has 0 spiro atoms. The van der Waals surface area contributed by atoms with E-state index in [2.05, 4.69) is 4.72 Å². The van der Waals surface area contributed by atoms with Crippen molar-refractivity contribution >= 4 is 27.1 Å². The van der Waals surface area contributed by atoms with E-state index >= 15 is 0 Å². The van der Waals surface area contributed by atoms with Crippen LogP contribution in [0.3, 0.4) is 0 Å². The number of carbonyl (C=O) groups is 1. The van der Waals surface area contributed by atoms with Crippen LogP contribution in [0.5, 0.6) is 5.75 Å². The van der Waals surface area contributed by atoms with Gasteiger partial charge >= 0.3 is 11.7 Å². The van der Waals surface area contributed by atoms with Gasteiger partial charge in [0, 0.05) is 18.2 Å². The number of hydrogen-bond donors (Lipinski definition) is 1. The van der Waals surface area contributed by atoms with E-state index in [1.807, 2.05) is 0 Å². The van der Waals surface area contributed by atoms with Crippen LogP contribution in [0.4, 0.5) is 0 Å². The van der Waals surface area contributed by atoms with Crippen LogP contribution in [0.15, 0.2) is 56.6 Å². The summed E-state index contributed by atoms with van der Waals surface area (Å²) in [4.78, 5) is 23.6. The van der Waals surface area contributed by atoms with Crippen molar-refractivity contribution in [1.29, 1.82) is 0 Å². The van der Waals surface area contributed by atoms with Crippen molar-refractivity contribution in [3.8, 4) is 5.75 Å². The number of fused-ring (bicyclic) bond motifs is 1. The van der Waals surface area contributed by atoms with E-state index in [9.17, 15) is 18.0 Å². The number of aromatic nitrogens is 1. The van der Waals surface area contributed by atoms with Gasteiger partial charge in [0.05, 0.1) is 24.1 Å². The number of nitrogens with zero attached hydrogens (tertiary/aromatic N) is 1. The second-order valence-electron chi connectivity index (χ2n) is 6.03. The lowest BCUT2D eigenvalue weighted by molar-refractivity contribution is -0.143. The monoisotopic (exact) mass is 420 g/mol. The Morgan fingerprint density at radius 2 is 1.97 bits per heavy atom. The molecule has 1 heterocycles. The molecule has 29 heavy (non-hydrogen) atoms. The summed E-state index contributed by atoms with van der Waals surface area (Å²) < 4.78 is 44.0. The Kier molecular flexibility index (Phi) is 6.04. The lowest BCUT2D eigenvalue weighted by Crippen LogP contribution is -2.23. The minimum absolute atomic E-state index is 0.0260. The van der Waals surface area contributed by atoms with Crippen LogP contribution >= 0.6 is 0 Å². The van der Waals surface area contributed by atoms with Crippen molar-refractivity contribution < 1.29 is 27.1 Å². The van der Waals surface area contributed by atoms with E-state index in [0.29, 0.717) is 16.8 Å². The quantitative estimate of drug-likeness (QED) is 0.551. The second kappa shape index (κ2) is 8.50. The molecule has 0 saturated carbocycles. The van der Waals surface area contributed by atoms with Gasteiger partial charge in [-0.2, -0.15) is 0 Å². The summed E-state index contributed by atoms with van der Waals surface area (Å²) in [5, 5.41) is 0. The molecule has 9 nitrogen and oxygen atoms in total. The third-order valence-corrected chi connectivity index (χ3v) is 5.59. The molecular weight excluding hydrogens is 400 g/mol. The number of hydrogen-bond acceptors (Lipinski definition) is 7. The molecule has 154 valence electrons. The van der Waals surface area contributed by atoms with E-state index < -0.39 is 21.7 Å². The molecule has 10 heteroatoms. The highest BCUT2D eigenvalue weighted by atomic mass is 32.2. The van der Waals surface area contributed by atoms with Crippen LogP contribution in [-0.2, 0) is 32.6 Å². The number of carbonyl (C=O) groups excluding carboxylic acids is 1. The maximum absolute atomic E-state index is 12.7. The summed E-state index contributed by atoms with van der Waals surface area (Å²) in [5.74, 6) is -0.801. The standard InChI is InChI=1S/C19H20N2O7S/c1-3-27-18(22)12-21-15-9-8-14(10-17(15)28-19(21)23)29(24,25)20-11-13-6-4-5-7-16(13)26-2/h4-10,20H,3,11-12H2,1-2H3. The van der Waals surface area contributed by atoms with Crippen LogP contribution in [0, 0.1) is 0 Å². The fourth-order valence-corrected chi connectivity index (χ4v) is 3.83. The molecule has 2 aromatic carbocycles. The Labute approximate surface area is 166 Å². The lowest BCUT2D eigenvalue weighted by Gasteiger charge is -2.10. The minimum Gasteiger partial charge on any atom is -0.496 e. The Morgan fingerprint density at radius 3 is 2.69 bits per heavy atom. The van der Waals surface area contributed by atoms with Crippen LogP contribution in [0.2, 0.25) is 0 Å². The third kappa shape index (κ3) is 4.49. The summed E-state index contributed by atoms with van der Waals surface area (Å²) in [6.45, 7) is 1.54. The molecule has 0 atom stereocenters.